The zero-order valence-electron chi connectivity index (χ0n) is 11.4. The fraction of sp³-hybridized carbons (Fsp3) is 0.200. The van der Waals surface area contributed by atoms with Crippen molar-refractivity contribution < 1.29 is 9.66 Å². The Hall–Kier alpha value is -2.56. The van der Waals surface area contributed by atoms with E-state index in [1.54, 1.807) is 0 Å². The summed E-state index contributed by atoms with van der Waals surface area (Å²) in [5.41, 5.74) is 6.77. The highest BCUT2D eigenvalue weighted by molar-refractivity contribution is 5.61. The van der Waals surface area contributed by atoms with Gasteiger partial charge < -0.3 is 10.5 Å². The molecule has 0 unspecified atom stereocenters. The average molecular weight is 272 g/mol. The van der Waals surface area contributed by atoms with Crippen LogP contribution < -0.4 is 10.5 Å². The van der Waals surface area contributed by atoms with Gasteiger partial charge in [0, 0.05) is 12.1 Å². The van der Waals surface area contributed by atoms with E-state index in [4.69, 9.17) is 10.5 Å². The first-order valence-electron chi connectivity index (χ1n) is 6.29. The monoisotopic (exact) mass is 272 g/mol. The van der Waals surface area contributed by atoms with Gasteiger partial charge in [-0.3, -0.25) is 10.1 Å². The number of ether oxygens (including phenoxy) is 1. The molecular formula is C15H16N2O3. The average Bonchev–Trinajstić information content (AvgIpc) is 2.38. The van der Waals surface area contributed by atoms with Crippen LogP contribution in [0.4, 0.5) is 11.4 Å². The van der Waals surface area contributed by atoms with Crippen molar-refractivity contribution >= 4 is 11.4 Å². The molecule has 0 radical (unpaired) electrons. The summed E-state index contributed by atoms with van der Waals surface area (Å²) in [4.78, 5) is 10.2. The number of nitrogens with two attached hydrogens (primary N) is 1. The van der Waals surface area contributed by atoms with Crippen molar-refractivity contribution in [1.29, 1.82) is 0 Å². The van der Waals surface area contributed by atoms with E-state index in [1.165, 1.54) is 18.2 Å². The Bertz CT molecular complexity index is 639. The lowest BCUT2D eigenvalue weighted by Gasteiger charge is -2.10. The van der Waals surface area contributed by atoms with Crippen LogP contribution in [0, 0.1) is 10.1 Å². The van der Waals surface area contributed by atoms with E-state index in [0.29, 0.717) is 17.4 Å². The van der Waals surface area contributed by atoms with E-state index in [2.05, 4.69) is 13.8 Å². The van der Waals surface area contributed by atoms with Crippen LogP contribution in [0.25, 0.3) is 0 Å². The third-order valence-electron chi connectivity index (χ3n) is 2.96. The Balaban J connectivity index is 2.24. The standard InChI is InChI=1S/C15H16N2O3/c1-10(2)11-4-3-5-12(8-11)20-13-6-7-15(17(18)19)14(16)9-13/h3-10H,16H2,1-2H3. The van der Waals surface area contributed by atoms with Crippen LogP contribution in [0.15, 0.2) is 42.5 Å². The molecule has 0 aliphatic heterocycles. The molecule has 0 saturated heterocycles. The highest BCUT2D eigenvalue weighted by atomic mass is 16.6. The van der Waals surface area contributed by atoms with E-state index in [1.807, 2.05) is 24.3 Å². The van der Waals surface area contributed by atoms with Gasteiger partial charge in [0.05, 0.1) is 4.92 Å². The fourth-order valence-corrected chi connectivity index (χ4v) is 1.84. The highest BCUT2D eigenvalue weighted by Crippen LogP contribution is 2.30. The molecule has 2 aromatic rings. The lowest BCUT2D eigenvalue weighted by atomic mass is 10.0. The van der Waals surface area contributed by atoms with Crippen LogP contribution in [0.2, 0.25) is 0 Å². The van der Waals surface area contributed by atoms with Gasteiger partial charge in [0.1, 0.15) is 17.2 Å². The van der Waals surface area contributed by atoms with Gasteiger partial charge in [-0.1, -0.05) is 26.0 Å². The molecule has 0 aliphatic rings. The third kappa shape index (κ3) is 3.06. The van der Waals surface area contributed by atoms with Crippen LogP contribution in [-0.2, 0) is 0 Å². The van der Waals surface area contributed by atoms with E-state index in [0.717, 1.165) is 5.56 Å². The smallest absolute Gasteiger partial charge is 0.292 e. The molecule has 2 aromatic carbocycles. The molecule has 0 fully saturated rings. The molecule has 0 heterocycles. The van der Waals surface area contributed by atoms with Crippen molar-refractivity contribution in [3.8, 4) is 11.5 Å². The predicted molar refractivity (Wildman–Crippen MR) is 78.1 cm³/mol. The van der Waals surface area contributed by atoms with Gasteiger partial charge in [-0.25, -0.2) is 0 Å². The van der Waals surface area contributed by atoms with Crippen LogP contribution in [0.5, 0.6) is 11.5 Å². The van der Waals surface area contributed by atoms with Crippen molar-refractivity contribution in [2.24, 2.45) is 0 Å². The molecule has 0 aromatic heterocycles. The first-order chi connectivity index (χ1) is 9.47. The van der Waals surface area contributed by atoms with Crippen molar-refractivity contribution in [3.63, 3.8) is 0 Å². The summed E-state index contributed by atoms with van der Waals surface area (Å²) in [5, 5.41) is 10.7. The van der Waals surface area contributed by atoms with Gasteiger partial charge >= 0.3 is 0 Å². The number of hydrogen-bond donors (Lipinski definition) is 1. The van der Waals surface area contributed by atoms with Crippen molar-refractivity contribution in [2.45, 2.75) is 19.8 Å². The number of nitro benzene ring substituents is 1. The van der Waals surface area contributed by atoms with Crippen LogP contribution in [0.1, 0.15) is 25.3 Å². The summed E-state index contributed by atoms with van der Waals surface area (Å²) < 4.78 is 5.68. The first-order valence-corrected chi connectivity index (χ1v) is 6.29. The largest absolute Gasteiger partial charge is 0.457 e. The highest BCUT2D eigenvalue weighted by Gasteiger charge is 2.12. The summed E-state index contributed by atoms with van der Waals surface area (Å²) in [5.74, 6) is 1.57. The maximum absolute atomic E-state index is 10.7. The minimum atomic E-state index is -0.515. The maximum atomic E-state index is 10.7. The Morgan fingerprint density at radius 1 is 1.15 bits per heavy atom. The van der Waals surface area contributed by atoms with Crippen molar-refractivity contribution in [3.05, 3.63) is 58.1 Å². The molecule has 2 rings (SSSR count). The summed E-state index contributed by atoms with van der Waals surface area (Å²) in [7, 11) is 0. The molecule has 5 nitrogen and oxygen atoms in total. The van der Waals surface area contributed by atoms with Crippen LogP contribution in [-0.4, -0.2) is 4.92 Å². The number of rotatable bonds is 4. The molecule has 0 aliphatic carbocycles. The molecule has 104 valence electrons. The zero-order valence-corrected chi connectivity index (χ0v) is 11.4. The van der Waals surface area contributed by atoms with E-state index in [9.17, 15) is 10.1 Å². The second-order valence-electron chi connectivity index (χ2n) is 4.81. The third-order valence-corrected chi connectivity index (χ3v) is 2.96. The van der Waals surface area contributed by atoms with Gasteiger partial charge in [0.2, 0.25) is 0 Å². The minimum absolute atomic E-state index is 0.0903. The Morgan fingerprint density at radius 2 is 1.85 bits per heavy atom. The van der Waals surface area contributed by atoms with Crippen LogP contribution in [0.3, 0.4) is 0 Å². The van der Waals surface area contributed by atoms with Gasteiger partial charge in [-0.05, 0) is 29.7 Å². The number of benzene rings is 2. The van der Waals surface area contributed by atoms with Crippen molar-refractivity contribution in [1.82, 2.24) is 0 Å². The maximum Gasteiger partial charge on any atom is 0.292 e. The van der Waals surface area contributed by atoms with Gasteiger partial charge in [0.25, 0.3) is 5.69 Å². The Morgan fingerprint density at radius 3 is 2.45 bits per heavy atom. The molecule has 0 bridgehead atoms. The number of nitrogens with zero attached hydrogens (tertiary/aromatic N) is 1. The molecule has 0 saturated carbocycles. The number of nitro groups is 1. The number of anilines is 1. The predicted octanol–water partition coefficient (Wildman–Crippen LogP) is 4.09. The molecule has 5 heteroatoms. The molecule has 20 heavy (non-hydrogen) atoms. The zero-order chi connectivity index (χ0) is 14.7. The molecular weight excluding hydrogens is 256 g/mol. The Kier molecular flexibility index (Phi) is 3.89. The Labute approximate surface area is 117 Å². The molecule has 0 amide bonds. The molecule has 0 spiro atoms. The number of nitrogen functional groups attached to an aromatic ring is 1. The molecule has 0 atom stereocenters. The van der Waals surface area contributed by atoms with E-state index in [-0.39, 0.29) is 11.4 Å². The topological polar surface area (TPSA) is 78.4 Å². The lowest BCUT2D eigenvalue weighted by Crippen LogP contribution is -1.96. The van der Waals surface area contributed by atoms with E-state index < -0.39 is 4.92 Å². The van der Waals surface area contributed by atoms with Gasteiger partial charge in [-0.2, -0.15) is 0 Å². The minimum Gasteiger partial charge on any atom is -0.457 e. The SMILES string of the molecule is CC(C)c1cccc(Oc2ccc([N+](=O)[O-])c(N)c2)c1. The lowest BCUT2D eigenvalue weighted by molar-refractivity contribution is -0.383. The van der Waals surface area contributed by atoms with Gasteiger partial charge in [-0.15, -0.1) is 0 Å². The second-order valence-corrected chi connectivity index (χ2v) is 4.81. The summed E-state index contributed by atoms with van der Waals surface area (Å²) >= 11 is 0. The van der Waals surface area contributed by atoms with Crippen molar-refractivity contribution in [2.75, 3.05) is 5.73 Å². The summed E-state index contributed by atoms with van der Waals surface area (Å²) in [6.07, 6.45) is 0. The van der Waals surface area contributed by atoms with Gasteiger partial charge in [0.15, 0.2) is 0 Å². The normalized spacial score (nSPS) is 10.6. The quantitative estimate of drug-likeness (QED) is 0.516. The first kappa shape index (κ1) is 13.9. The van der Waals surface area contributed by atoms with E-state index >= 15 is 0 Å². The summed E-state index contributed by atoms with van der Waals surface area (Å²) in [6, 6.07) is 12.1. The second kappa shape index (κ2) is 5.61. The van der Waals surface area contributed by atoms with Crippen LogP contribution >= 0.6 is 0 Å². The summed E-state index contributed by atoms with van der Waals surface area (Å²) in [6.45, 7) is 4.20. The molecule has 2 N–H and O–H groups in total. The fourth-order valence-electron chi connectivity index (χ4n) is 1.84. The number of hydrogen-bond acceptors (Lipinski definition) is 4.